The Balaban J connectivity index is 2.29. The van der Waals surface area contributed by atoms with Crippen LogP contribution in [0, 0.1) is 0 Å². The molecule has 0 fully saturated rings. The van der Waals surface area contributed by atoms with E-state index < -0.39 is 0 Å². The molecule has 72 valence electrons. The van der Waals surface area contributed by atoms with Crippen LogP contribution >= 0.6 is 0 Å². The van der Waals surface area contributed by atoms with Crippen molar-refractivity contribution in [3.05, 3.63) is 29.5 Å². The molecule has 0 bridgehead atoms. The lowest BCUT2D eigenvalue weighted by molar-refractivity contribution is 0.614. The van der Waals surface area contributed by atoms with Gasteiger partial charge in [0.2, 0.25) is 0 Å². The minimum atomic E-state index is 0.758. The zero-order valence-electron chi connectivity index (χ0n) is 8.05. The maximum absolute atomic E-state index is 5.82. The fourth-order valence-corrected chi connectivity index (χ4v) is 2.28. The topological polar surface area (TPSA) is 39.2 Å². The van der Waals surface area contributed by atoms with Crippen LogP contribution in [-0.4, -0.2) is 0 Å². The van der Waals surface area contributed by atoms with Gasteiger partial charge in [0.05, 0.1) is 5.69 Å². The summed E-state index contributed by atoms with van der Waals surface area (Å²) in [6, 6.07) is 4.35. The Labute approximate surface area is 82.7 Å². The third-order valence-corrected chi connectivity index (χ3v) is 3.07. The molecule has 1 aromatic heterocycles. The Hall–Kier alpha value is -1.44. The molecule has 1 aromatic carbocycles. The predicted molar refractivity (Wildman–Crippen MR) is 57.3 cm³/mol. The second-order valence-electron chi connectivity index (χ2n) is 4.02. The molecule has 3 rings (SSSR count). The van der Waals surface area contributed by atoms with Crippen LogP contribution in [0.2, 0.25) is 0 Å². The summed E-state index contributed by atoms with van der Waals surface area (Å²) in [4.78, 5) is 0. The molecule has 0 atom stereocenters. The molecule has 0 aliphatic heterocycles. The predicted octanol–water partition coefficient (Wildman–Crippen LogP) is 2.89. The largest absolute Gasteiger partial charge is 0.462 e. The second kappa shape index (κ2) is 2.77. The average Bonchev–Trinajstić information content (AvgIpc) is 2.57. The second-order valence-corrected chi connectivity index (χ2v) is 4.02. The SMILES string of the molecule is Nc1coc2cc3c(cc12)CCCC3. The monoisotopic (exact) mass is 187 g/mol. The first-order valence-electron chi connectivity index (χ1n) is 5.13. The zero-order valence-corrected chi connectivity index (χ0v) is 8.05. The van der Waals surface area contributed by atoms with Crippen molar-refractivity contribution in [1.29, 1.82) is 0 Å². The molecule has 14 heavy (non-hydrogen) atoms. The lowest BCUT2D eigenvalue weighted by Gasteiger charge is -2.14. The molecule has 2 nitrogen and oxygen atoms in total. The fourth-order valence-electron chi connectivity index (χ4n) is 2.28. The molecule has 0 unspecified atom stereocenters. The Morgan fingerprint density at radius 1 is 1.07 bits per heavy atom. The van der Waals surface area contributed by atoms with Crippen molar-refractivity contribution in [2.24, 2.45) is 0 Å². The molecule has 2 N–H and O–H groups in total. The van der Waals surface area contributed by atoms with Gasteiger partial charge in [0, 0.05) is 5.39 Å². The number of rotatable bonds is 0. The summed E-state index contributed by atoms with van der Waals surface area (Å²) < 4.78 is 5.39. The Morgan fingerprint density at radius 3 is 2.57 bits per heavy atom. The summed E-state index contributed by atoms with van der Waals surface area (Å²) >= 11 is 0. The van der Waals surface area contributed by atoms with Crippen LogP contribution in [0.4, 0.5) is 5.69 Å². The molecule has 0 saturated heterocycles. The van der Waals surface area contributed by atoms with Crippen LogP contribution in [0.15, 0.2) is 22.8 Å². The van der Waals surface area contributed by atoms with Crippen molar-refractivity contribution in [2.75, 3.05) is 5.73 Å². The van der Waals surface area contributed by atoms with Gasteiger partial charge in [-0.1, -0.05) is 0 Å². The molecule has 0 radical (unpaired) electrons. The smallest absolute Gasteiger partial charge is 0.136 e. The fraction of sp³-hybridized carbons (Fsp3) is 0.333. The Bertz CT molecular complexity index is 484. The lowest BCUT2D eigenvalue weighted by Crippen LogP contribution is -2.01. The average molecular weight is 187 g/mol. The highest BCUT2D eigenvalue weighted by molar-refractivity contribution is 5.90. The van der Waals surface area contributed by atoms with Gasteiger partial charge in [0.15, 0.2) is 0 Å². The van der Waals surface area contributed by atoms with E-state index in [9.17, 15) is 0 Å². The number of benzene rings is 1. The van der Waals surface area contributed by atoms with Crippen molar-refractivity contribution in [3.63, 3.8) is 0 Å². The van der Waals surface area contributed by atoms with Crippen LogP contribution in [0.3, 0.4) is 0 Å². The molecule has 0 spiro atoms. The highest BCUT2D eigenvalue weighted by Crippen LogP contribution is 2.30. The minimum absolute atomic E-state index is 0.758. The number of hydrogen-bond acceptors (Lipinski definition) is 2. The van der Waals surface area contributed by atoms with E-state index in [4.69, 9.17) is 10.2 Å². The molecule has 1 aliphatic carbocycles. The summed E-state index contributed by atoms with van der Waals surface area (Å²) in [5, 5.41) is 1.07. The normalized spacial score (nSPS) is 15.7. The van der Waals surface area contributed by atoms with Crippen molar-refractivity contribution >= 4 is 16.7 Å². The van der Waals surface area contributed by atoms with Gasteiger partial charge in [-0.05, 0) is 48.9 Å². The van der Waals surface area contributed by atoms with Gasteiger partial charge >= 0.3 is 0 Å². The summed E-state index contributed by atoms with van der Waals surface area (Å²) in [5.41, 5.74) is 10.4. The van der Waals surface area contributed by atoms with Gasteiger partial charge in [0.1, 0.15) is 11.8 Å². The van der Waals surface area contributed by atoms with Crippen LogP contribution in [0.1, 0.15) is 24.0 Å². The molecule has 1 aliphatic rings. The van der Waals surface area contributed by atoms with Crippen molar-refractivity contribution < 1.29 is 4.42 Å². The molecule has 0 saturated carbocycles. The highest BCUT2D eigenvalue weighted by atomic mass is 16.3. The van der Waals surface area contributed by atoms with Crippen LogP contribution in [0.25, 0.3) is 11.0 Å². The number of hydrogen-bond donors (Lipinski definition) is 1. The van der Waals surface area contributed by atoms with Gasteiger partial charge in [0.25, 0.3) is 0 Å². The zero-order chi connectivity index (χ0) is 9.54. The number of aryl methyl sites for hydroxylation is 2. The minimum Gasteiger partial charge on any atom is -0.462 e. The van der Waals surface area contributed by atoms with Gasteiger partial charge in [-0.25, -0.2) is 0 Å². The van der Waals surface area contributed by atoms with E-state index in [2.05, 4.69) is 12.1 Å². The highest BCUT2D eigenvalue weighted by Gasteiger charge is 2.12. The summed E-state index contributed by atoms with van der Waals surface area (Å²) in [7, 11) is 0. The lowest BCUT2D eigenvalue weighted by atomic mass is 9.91. The molecule has 0 amide bonds. The number of fused-ring (bicyclic) bond motifs is 2. The van der Waals surface area contributed by atoms with Crippen LogP contribution in [-0.2, 0) is 12.8 Å². The van der Waals surface area contributed by atoms with Crippen LogP contribution in [0.5, 0.6) is 0 Å². The van der Waals surface area contributed by atoms with Gasteiger partial charge in [-0.2, -0.15) is 0 Å². The van der Waals surface area contributed by atoms with E-state index in [1.165, 1.54) is 36.8 Å². The number of furan rings is 1. The molecular weight excluding hydrogens is 174 g/mol. The van der Waals surface area contributed by atoms with E-state index in [1.807, 2.05) is 0 Å². The first kappa shape index (κ1) is 7.92. The molecule has 2 aromatic rings. The maximum atomic E-state index is 5.82. The first-order valence-corrected chi connectivity index (χ1v) is 5.13. The van der Waals surface area contributed by atoms with Crippen molar-refractivity contribution in [3.8, 4) is 0 Å². The van der Waals surface area contributed by atoms with E-state index in [1.54, 1.807) is 6.26 Å². The number of anilines is 1. The quantitative estimate of drug-likeness (QED) is 0.688. The Kier molecular flexibility index (Phi) is 1.57. The van der Waals surface area contributed by atoms with E-state index in [0.717, 1.165) is 16.7 Å². The van der Waals surface area contributed by atoms with Gasteiger partial charge < -0.3 is 10.2 Å². The molecular formula is C12H13NO. The van der Waals surface area contributed by atoms with E-state index in [-0.39, 0.29) is 0 Å². The number of nitrogen functional groups attached to an aromatic ring is 1. The standard InChI is InChI=1S/C12H13NO/c13-11-7-14-12-6-9-4-2-1-3-8(9)5-10(11)12/h5-7H,1-4,13H2. The third kappa shape index (κ3) is 1.03. The molecule has 2 heteroatoms. The van der Waals surface area contributed by atoms with Crippen molar-refractivity contribution in [2.45, 2.75) is 25.7 Å². The number of nitrogens with two attached hydrogens (primary N) is 1. The Morgan fingerprint density at radius 2 is 1.79 bits per heavy atom. The molecule has 1 heterocycles. The van der Waals surface area contributed by atoms with E-state index in [0.29, 0.717) is 0 Å². The van der Waals surface area contributed by atoms with E-state index >= 15 is 0 Å². The maximum Gasteiger partial charge on any atom is 0.136 e. The summed E-state index contributed by atoms with van der Waals surface area (Å²) in [6.45, 7) is 0. The van der Waals surface area contributed by atoms with Crippen molar-refractivity contribution in [1.82, 2.24) is 0 Å². The first-order chi connectivity index (χ1) is 6.84. The summed E-state index contributed by atoms with van der Waals surface area (Å²) in [6.07, 6.45) is 6.61. The van der Waals surface area contributed by atoms with Crippen LogP contribution < -0.4 is 5.73 Å². The van der Waals surface area contributed by atoms with Gasteiger partial charge in [-0.3, -0.25) is 0 Å². The van der Waals surface area contributed by atoms with Gasteiger partial charge in [-0.15, -0.1) is 0 Å². The third-order valence-electron chi connectivity index (χ3n) is 3.07. The summed E-state index contributed by atoms with van der Waals surface area (Å²) in [5.74, 6) is 0.